The van der Waals surface area contributed by atoms with Crippen molar-refractivity contribution in [3.05, 3.63) is 29.8 Å². The highest BCUT2D eigenvalue weighted by atomic mass is 16.5. The molecule has 1 atom stereocenters. The lowest BCUT2D eigenvalue weighted by Gasteiger charge is -2.32. The van der Waals surface area contributed by atoms with Crippen molar-refractivity contribution in [1.29, 1.82) is 0 Å². The number of carbonyl (C=O) groups excluding carboxylic acids is 1. The maximum Gasteiger partial charge on any atom is 0.248 e. The maximum absolute atomic E-state index is 12.1. The summed E-state index contributed by atoms with van der Waals surface area (Å²) in [7, 11) is 3.45. The van der Waals surface area contributed by atoms with Gasteiger partial charge in [-0.15, -0.1) is 0 Å². The Bertz CT molecular complexity index is 728. The van der Waals surface area contributed by atoms with E-state index in [1.807, 2.05) is 31.0 Å². The molecule has 0 unspecified atom stereocenters. The highest BCUT2D eigenvalue weighted by Gasteiger charge is 2.26. The van der Waals surface area contributed by atoms with Gasteiger partial charge in [-0.3, -0.25) is 9.48 Å². The van der Waals surface area contributed by atoms with Crippen LogP contribution in [0.25, 0.3) is 11.4 Å². The summed E-state index contributed by atoms with van der Waals surface area (Å²) >= 11 is 0. The Labute approximate surface area is 141 Å². The maximum atomic E-state index is 12.1. The third-order valence-corrected chi connectivity index (χ3v) is 4.40. The zero-order chi connectivity index (χ0) is 17.1. The standard InChI is InChI=1S/C17H23N5O2/c1-12-19-14(9-15(20-12)16-6-7-18-21(16)2)13-5-4-8-22(10-13)17(23)11-24-3/h6-7,9,13H,4-5,8,10-11H2,1-3H3/t13-/m0/s1. The summed E-state index contributed by atoms with van der Waals surface area (Å²) in [6, 6.07) is 3.97. The lowest BCUT2D eigenvalue weighted by atomic mass is 9.93. The summed E-state index contributed by atoms with van der Waals surface area (Å²) in [6.07, 6.45) is 3.76. The van der Waals surface area contributed by atoms with Gasteiger partial charge in [0.1, 0.15) is 12.4 Å². The molecule has 0 bridgehead atoms. The molecule has 1 amide bonds. The van der Waals surface area contributed by atoms with Crippen molar-refractivity contribution < 1.29 is 9.53 Å². The summed E-state index contributed by atoms with van der Waals surface area (Å²) in [5, 5.41) is 4.21. The number of piperidine rings is 1. The molecular weight excluding hydrogens is 306 g/mol. The summed E-state index contributed by atoms with van der Waals surface area (Å²) in [5.41, 5.74) is 2.83. The molecule has 0 aliphatic carbocycles. The first-order valence-corrected chi connectivity index (χ1v) is 8.19. The molecule has 1 fully saturated rings. The van der Waals surface area contributed by atoms with Crippen LogP contribution in [-0.4, -0.2) is 57.4 Å². The van der Waals surface area contributed by atoms with Crippen molar-refractivity contribution in [2.75, 3.05) is 26.8 Å². The van der Waals surface area contributed by atoms with E-state index in [0.29, 0.717) is 6.54 Å². The van der Waals surface area contributed by atoms with Crippen LogP contribution in [0.2, 0.25) is 0 Å². The average molecular weight is 329 g/mol. The van der Waals surface area contributed by atoms with Gasteiger partial charge in [-0.05, 0) is 31.9 Å². The highest BCUT2D eigenvalue weighted by Crippen LogP contribution is 2.28. The van der Waals surface area contributed by atoms with Crippen molar-refractivity contribution in [1.82, 2.24) is 24.6 Å². The predicted molar refractivity (Wildman–Crippen MR) is 89.4 cm³/mol. The van der Waals surface area contributed by atoms with E-state index in [4.69, 9.17) is 4.74 Å². The monoisotopic (exact) mass is 329 g/mol. The molecular formula is C17H23N5O2. The van der Waals surface area contributed by atoms with E-state index < -0.39 is 0 Å². The largest absolute Gasteiger partial charge is 0.375 e. The van der Waals surface area contributed by atoms with Gasteiger partial charge in [-0.25, -0.2) is 9.97 Å². The lowest BCUT2D eigenvalue weighted by Crippen LogP contribution is -2.41. The zero-order valence-electron chi connectivity index (χ0n) is 14.4. The van der Waals surface area contributed by atoms with E-state index in [2.05, 4.69) is 15.1 Å². The molecule has 2 aromatic rings. The number of hydrogen-bond donors (Lipinski definition) is 0. The molecule has 0 N–H and O–H groups in total. The van der Waals surface area contributed by atoms with Gasteiger partial charge >= 0.3 is 0 Å². The molecule has 3 heterocycles. The van der Waals surface area contributed by atoms with Crippen LogP contribution in [0, 0.1) is 6.92 Å². The summed E-state index contributed by atoms with van der Waals surface area (Å²) in [4.78, 5) is 23.1. The fourth-order valence-corrected chi connectivity index (χ4v) is 3.22. The number of aromatic nitrogens is 4. The van der Waals surface area contributed by atoms with Crippen molar-refractivity contribution in [2.24, 2.45) is 7.05 Å². The first-order chi connectivity index (χ1) is 11.6. The number of aryl methyl sites for hydroxylation is 2. The Morgan fingerprint density at radius 3 is 2.96 bits per heavy atom. The lowest BCUT2D eigenvalue weighted by molar-refractivity contribution is -0.136. The number of nitrogens with zero attached hydrogens (tertiary/aromatic N) is 5. The van der Waals surface area contributed by atoms with Gasteiger partial charge in [0.2, 0.25) is 5.91 Å². The molecule has 0 spiro atoms. The van der Waals surface area contributed by atoms with Gasteiger partial charge < -0.3 is 9.64 Å². The molecule has 1 saturated heterocycles. The Kier molecular flexibility index (Phi) is 4.89. The fourth-order valence-electron chi connectivity index (χ4n) is 3.22. The number of likely N-dealkylation sites (tertiary alicyclic amines) is 1. The van der Waals surface area contributed by atoms with E-state index in [0.717, 1.165) is 42.3 Å². The molecule has 2 aromatic heterocycles. The number of ether oxygens (including phenoxy) is 1. The highest BCUT2D eigenvalue weighted by molar-refractivity contribution is 5.77. The second-order valence-electron chi connectivity index (χ2n) is 6.18. The quantitative estimate of drug-likeness (QED) is 0.851. The number of hydrogen-bond acceptors (Lipinski definition) is 5. The second-order valence-corrected chi connectivity index (χ2v) is 6.18. The molecule has 0 aromatic carbocycles. The summed E-state index contributed by atoms with van der Waals surface area (Å²) in [5.74, 6) is 1.01. The molecule has 7 nitrogen and oxygen atoms in total. The van der Waals surface area contributed by atoms with Gasteiger partial charge in [0.05, 0.1) is 11.4 Å². The Morgan fingerprint density at radius 2 is 2.25 bits per heavy atom. The van der Waals surface area contributed by atoms with Gasteiger partial charge in [-0.1, -0.05) is 0 Å². The smallest absolute Gasteiger partial charge is 0.248 e. The molecule has 128 valence electrons. The van der Waals surface area contributed by atoms with Crippen molar-refractivity contribution in [3.8, 4) is 11.4 Å². The molecule has 3 rings (SSSR count). The minimum Gasteiger partial charge on any atom is -0.375 e. The van der Waals surface area contributed by atoms with Crippen LogP contribution in [-0.2, 0) is 16.6 Å². The number of methoxy groups -OCH3 is 1. The van der Waals surface area contributed by atoms with Crippen LogP contribution >= 0.6 is 0 Å². The van der Waals surface area contributed by atoms with E-state index in [9.17, 15) is 4.79 Å². The van der Waals surface area contributed by atoms with Crippen LogP contribution in [0.5, 0.6) is 0 Å². The van der Waals surface area contributed by atoms with Crippen molar-refractivity contribution >= 4 is 5.91 Å². The normalized spacial score (nSPS) is 18.0. The number of amides is 1. The van der Waals surface area contributed by atoms with Crippen LogP contribution in [0.4, 0.5) is 0 Å². The topological polar surface area (TPSA) is 73.1 Å². The van der Waals surface area contributed by atoms with E-state index >= 15 is 0 Å². The first kappa shape index (κ1) is 16.6. The molecule has 24 heavy (non-hydrogen) atoms. The zero-order valence-corrected chi connectivity index (χ0v) is 14.4. The SMILES string of the molecule is COCC(=O)N1CCC[C@H](c2cc(-c3ccnn3C)nc(C)n2)C1. The van der Waals surface area contributed by atoms with Crippen LogP contribution in [0.1, 0.15) is 30.3 Å². The van der Waals surface area contributed by atoms with Gasteiger partial charge in [0.15, 0.2) is 0 Å². The van der Waals surface area contributed by atoms with Gasteiger partial charge in [-0.2, -0.15) is 5.10 Å². The van der Waals surface area contributed by atoms with Crippen molar-refractivity contribution in [3.63, 3.8) is 0 Å². The van der Waals surface area contributed by atoms with E-state index in [1.165, 1.54) is 0 Å². The molecule has 7 heteroatoms. The molecule has 0 radical (unpaired) electrons. The Hall–Kier alpha value is -2.28. The fraction of sp³-hybridized carbons (Fsp3) is 0.529. The predicted octanol–water partition coefficient (Wildman–Crippen LogP) is 1.54. The number of rotatable bonds is 4. The number of carbonyl (C=O) groups is 1. The van der Waals surface area contributed by atoms with Crippen LogP contribution in [0.3, 0.4) is 0 Å². The second kappa shape index (κ2) is 7.09. The Balaban J connectivity index is 1.85. The molecule has 1 aliphatic rings. The summed E-state index contributed by atoms with van der Waals surface area (Å²) in [6.45, 7) is 3.51. The first-order valence-electron chi connectivity index (χ1n) is 8.19. The van der Waals surface area contributed by atoms with E-state index in [1.54, 1.807) is 18.0 Å². The van der Waals surface area contributed by atoms with E-state index in [-0.39, 0.29) is 18.4 Å². The molecule has 0 saturated carbocycles. The average Bonchev–Trinajstić information content (AvgIpc) is 3.01. The van der Waals surface area contributed by atoms with Gasteiger partial charge in [0, 0.05) is 45.1 Å². The van der Waals surface area contributed by atoms with Gasteiger partial charge in [0.25, 0.3) is 0 Å². The summed E-state index contributed by atoms with van der Waals surface area (Å²) < 4.78 is 6.78. The van der Waals surface area contributed by atoms with Crippen LogP contribution in [0.15, 0.2) is 18.3 Å². The van der Waals surface area contributed by atoms with Crippen LogP contribution < -0.4 is 0 Å². The minimum atomic E-state index is 0.0415. The molecule has 1 aliphatic heterocycles. The third-order valence-electron chi connectivity index (χ3n) is 4.40. The van der Waals surface area contributed by atoms with Crippen molar-refractivity contribution in [2.45, 2.75) is 25.7 Å². The third kappa shape index (κ3) is 3.46. The Morgan fingerprint density at radius 1 is 1.42 bits per heavy atom. The minimum absolute atomic E-state index is 0.0415.